The molecule has 0 bridgehead atoms. The molecule has 25 heavy (non-hydrogen) atoms. The first kappa shape index (κ1) is 17.4. The van der Waals surface area contributed by atoms with Crippen LogP contribution in [0, 0.1) is 0 Å². The van der Waals surface area contributed by atoms with Crippen molar-refractivity contribution in [1.29, 1.82) is 0 Å². The molecule has 0 atom stereocenters. The lowest BCUT2D eigenvalue weighted by Gasteiger charge is -2.05. The molecule has 1 N–H and O–H groups in total. The smallest absolute Gasteiger partial charge is 0.308 e. The molecule has 2 heterocycles. The van der Waals surface area contributed by atoms with Crippen LogP contribution in [-0.4, -0.2) is 30.7 Å². The molecule has 0 aliphatic heterocycles. The number of hydrogen-bond donors (Lipinski definition) is 1. The van der Waals surface area contributed by atoms with Gasteiger partial charge in [-0.1, -0.05) is 46.9 Å². The number of para-hydroxylation sites is 1. The number of nitrogens with zero attached hydrogens (tertiary/aromatic N) is 5. The summed E-state index contributed by atoms with van der Waals surface area (Å²) in [5.41, 5.74) is -0.248. The highest BCUT2D eigenvalue weighted by Gasteiger charge is 2.15. The zero-order valence-corrected chi connectivity index (χ0v) is 14.6. The van der Waals surface area contributed by atoms with Gasteiger partial charge in [-0.3, -0.25) is 4.79 Å². The van der Waals surface area contributed by atoms with Crippen LogP contribution in [0.1, 0.15) is 0 Å². The fraction of sp³-hybridized carbons (Fsp3) is 0.0714. The number of hydrogen-bond acceptors (Lipinski definition) is 5. The Morgan fingerprint density at radius 3 is 2.60 bits per heavy atom. The van der Waals surface area contributed by atoms with Gasteiger partial charge in [0.15, 0.2) is 5.82 Å². The van der Waals surface area contributed by atoms with Gasteiger partial charge in [0.05, 0.1) is 20.8 Å². The van der Waals surface area contributed by atoms with Gasteiger partial charge in [-0.25, -0.2) is 9.78 Å². The van der Waals surface area contributed by atoms with Crippen LogP contribution in [0.2, 0.25) is 15.1 Å². The summed E-state index contributed by atoms with van der Waals surface area (Å²) in [6.07, 6.45) is 1.34. The van der Waals surface area contributed by atoms with Crippen LogP contribution in [0.3, 0.4) is 0 Å². The Bertz CT molecular complexity index is 1000. The van der Waals surface area contributed by atoms with Crippen LogP contribution in [0.5, 0.6) is 0 Å². The minimum absolute atomic E-state index is 0.127. The number of nitrogens with one attached hydrogen (secondary N) is 1. The summed E-state index contributed by atoms with van der Waals surface area (Å²) in [4.78, 5) is 28.3. The third kappa shape index (κ3) is 3.81. The van der Waals surface area contributed by atoms with Gasteiger partial charge < -0.3 is 5.32 Å². The average molecular weight is 400 g/mol. The number of amides is 1. The molecular weight excluding hydrogens is 391 g/mol. The molecule has 0 fully saturated rings. The second-order valence-corrected chi connectivity index (χ2v) is 6.07. The lowest BCUT2D eigenvalue weighted by Crippen LogP contribution is -2.30. The summed E-state index contributed by atoms with van der Waals surface area (Å²) in [5, 5.41) is 10.7. The molecular formula is C14H9Cl3N6O2. The summed E-state index contributed by atoms with van der Waals surface area (Å²) in [5.74, 6) is -0.423. The van der Waals surface area contributed by atoms with Gasteiger partial charge in [0.2, 0.25) is 5.91 Å². The van der Waals surface area contributed by atoms with E-state index in [9.17, 15) is 9.59 Å². The SMILES string of the molecule is O=C(Cn1nnn(-c2ccccc2Cl)c1=O)Nc1ncc(Cl)cc1Cl. The van der Waals surface area contributed by atoms with E-state index < -0.39 is 11.6 Å². The van der Waals surface area contributed by atoms with Crippen molar-refractivity contribution >= 4 is 46.5 Å². The summed E-state index contributed by atoms with van der Waals surface area (Å²) >= 11 is 17.7. The molecule has 0 saturated heterocycles. The van der Waals surface area contributed by atoms with Crippen LogP contribution in [0.25, 0.3) is 5.69 Å². The Labute approximate surface area is 155 Å². The molecule has 0 aliphatic carbocycles. The molecule has 0 spiro atoms. The summed E-state index contributed by atoms with van der Waals surface area (Å²) < 4.78 is 1.89. The first-order valence-electron chi connectivity index (χ1n) is 6.84. The van der Waals surface area contributed by atoms with Gasteiger partial charge in [0, 0.05) is 6.20 Å². The largest absolute Gasteiger partial charge is 0.369 e. The van der Waals surface area contributed by atoms with Crippen molar-refractivity contribution in [2.24, 2.45) is 0 Å². The number of halogens is 3. The minimum atomic E-state index is -0.613. The van der Waals surface area contributed by atoms with E-state index in [0.29, 0.717) is 15.7 Å². The average Bonchev–Trinajstić information content (AvgIpc) is 2.91. The van der Waals surface area contributed by atoms with Crippen LogP contribution in [0.15, 0.2) is 41.3 Å². The first-order chi connectivity index (χ1) is 12.0. The molecule has 8 nitrogen and oxygen atoms in total. The van der Waals surface area contributed by atoms with E-state index in [0.717, 1.165) is 9.36 Å². The highest BCUT2D eigenvalue weighted by atomic mass is 35.5. The highest BCUT2D eigenvalue weighted by Crippen LogP contribution is 2.22. The number of carbonyl (C=O) groups excluding carboxylic acids is 1. The molecule has 1 aromatic carbocycles. The van der Waals surface area contributed by atoms with E-state index >= 15 is 0 Å². The molecule has 0 saturated carbocycles. The summed E-state index contributed by atoms with van der Waals surface area (Å²) in [6, 6.07) is 8.08. The van der Waals surface area contributed by atoms with Crippen molar-refractivity contribution in [2.75, 3.05) is 5.32 Å². The van der Waals surface area contributed by atoms with E-state index in [2.05, 4.69) is 20.7 Å². The van der Waals surface area contributed by atoms with Crippen molar-refractivity contribution in [3.05, 3.63) is 62.1 Å². The monoisotopic (exact) mass is 398 g/mol. The van der Waals surface area contributed by atoms with Crippen LogP contribution < -0.4 is 11.0 Å². The van der Waals surface area contributed by atoms with Crippen molar-refractivity contribution in [1.82, 2.24) is 24.8 Å². The fourth-order valence-electron chi connectivity index (χ4n) is 1.96. The third-order valence-electron chi connectivity index (χ3n) is 3.08. The normalized spacial score (nSPS) is 10.7. The van der Waals surface area contributed by atoms with Gasteiger partial charge in [0.1, 0.15) is 6.54 Å². The maximum absolute atomic E-state index is 12.3. The summed E-state index contributed by atoms with van der Waals surface area (Å²) in [7, 11) is 0. The molecule has 3 aromatic rings. The van der Waals surface area contributed by atoms with Gasteiger partial charge in [-0.05, 0) is 28.6 Å². The Morgan fingerprint density at radius 1 is 1.12 bits per heavy atom. The molecule has 0 aliphatic rings. The zero-order valence-electron chi connectivity index (χ0n) is 12.4. The standard InChI is InChI=1S/C14H9Cl3N6O2/c15-8-5-10(17)13(18-6-8)19-12(24)7-22-14(25)23(21-20-22)11-4-2-1-3-9(11)16/h1-6H,7H2,(H,18,19,24). The number of rotatable bonds is 4. The van der Waals surface area contributed by atoms with Crippen molar-refractivity contribution in [3.63, 3.8) is 0 Å². The van der Waals surface area contributed by atoms with E-state index in [1.165, 1.54) is 12.3 Å². The Kier molecular flexibility index (Phi) is 5.03. The number of tetrazole rings is 1. The molecule has 2 aromatic heterocycles. The number of anilines is 1. The van der Waals surface area contributed by atoms with E-state index in [1.807, 2.05) is 0 Å². The highest BCUT2D eigenvalue weighted by molar-refractivity contribution is 6.36. The molecule has 1 amide bonds. The van der Waals surface area contributed by atoms with E-state index in [4.69, 9.17) is 34.8 Å². The Hall–Kier alpha value is -2.42. The van der Waals surface area contributed by atoms with Gasteiger partial charge in [0.25, 0.3) is 0 Å². The molecule has 0 unspecified atom stereocenters. The lowest BCUT2D eigenvalue weighted by atomic mass is 10.3. The second-order valence-electron chi connectivity index (χ2n) is 4.81. The van der Waals surface area contributed by atoms with Crippen LogP contribution in [0.4, 0.5) is 5.82 Å². The third-order valence-corrected chi connectivity index (χ3v) is 3.89. The Balaban J connectivity index is 1.79. The van der Waals surface area contributed by atoms with E-state index in [1.54, 1.807) is 24.3 Å². The predicted molar refractivity (Wildman–Crippen MR) is 93.5 cm³/mol. The second kappa shape index (κ2) is 7.22. The minimum Gasteiger partial charge on any atom is -0.308 e. The van der Waals surface area contributed by atoms with Crippen molar-refractivity contribution in [2.45, 2.75) is 6.54 Å². The quantitative estimate of drug-likeness (QED) is 0.727. The van der Waals surface area contributed by atoms with Crippen molar-refractivity contribution in [3.8, 4) is 5.69 Å². The van der Waals surface area contributed by atoms with E-state index in [-0.39, 0.29) is 17.4 Å². The molecule has 0 radical (unpaired) electrons. The van der Waals surface area contributed by atoms with Gasteiger partial charge in [-0.2, -0.15) is 9.36 Å². The number of pyridine rings is 1. The molecule has 128 valence electrons. The molecule has 11 heteroatoms. The van der Waals surface area contributed by atoms with Crippen LogP contribution in [-0.2, 0) is 11.3 Å². The summed E-state index contributed by atoms with van der Waals surface area (Å²) in [6.45, 7) is -0.371. The topological polar surface area (TPSA) is 94.7 Å². The number of aromatic nitrogens is 5. The number of benzene rings is 1. The molecule has 3 rings (SSSR count). The number of carbonyl (C=O) groups is 1. The zero-order chi connectivity index (χ0) is 18.0. The van der Waals surface area contributed by atoms with Crippen molar-refractivity contribution < 1.29 is 4.79 Å². The fourth-order valence-corrected chi connectivity index (χ4v) is 2.61. The maximum atomic E-state index is 12.3. The lowest BCUT2D eigenvalue weighted by molar-refractivity contribution is -0.117. The van der Waals surface area contributed by atoms with Gasteiger partial charge in [-0.15, -0.1) is 0 Å². The maximum Gasteiger partial charge on any atom is 0.369 e. The Morgan fingerprint density at radius 2 is 1.88 bits per heavy atom. The first-order valence-corrected chi connectivity index (χ1v) is 7.97. The predicted octanol–water partition coefficient (Wildman–Crippen LogP) is 2.42. The van der Waals surface area contributed by atoms with Crippen LogP contribution >= 0.6 is 34.8 Å². The van der Waals surface area contributed by atoms with Gasteiger partial charge >= 0.3 is 5.69 Å².